The van der Waals surface area contributed by atoms with E-state index in [0.29, 0.717) is 11.4 Å². The number of sulfonamides is 1. The van der Waals surface area contributed by atoms with Crippen molar-refractivity contribution in [2.75, 3.05) is 32.7 Å². The first-order valence-corrected chi connectivity index (χ1v) is 12.8. The van der Waals surface area contributed by atoms with Gasteiger partial charge in [-0.05, 0) is 52.0 Å². The predicted molar refractivity (Wildman–Crippen MR) is 118 cm³/mol. The second kappa shape index (κ2) is 11.6. The Labute approximate surface area is 181 Å². The Bertz CT molecular complexity index is 962. The lowest BCUT2D eigenvalue weighted by molar-refractivity contribution is -0.922. The maximum atomic E-state index is 12.2. The number of nitrogens with zero attached hydrogens (tertiary/aromatic N) is 1. The highest BCUT2D eigenvalue weighted by molar-refractivity contribution is 7.89. The zero-order valence-electron chi connectivity index (χ0n) is 18.0. The monoisotopic (exact) mass is 456 g/mol. The fourth-order valence-electron chi connectivity index (χ4n) is 2.95. The largest absolute Gasteiger partial charge is 0.744 e. The third-order valence-corrected chi connectivity index (χ3v) is 7.58. The van der Waals surface area contributed by atoms with Crippen molar-refractivity contribution in [3.05, 3.63) is 60.2 Å². The number of likely N-dealkylation sites (N-methyl/N-ethyl adjacent to an activating group) is 1. The van der Waals surface area contributed by atoms with E-state index in [1.165, 1.54) is 24.3 Å². The van der Waals surface area contributed by atoms with Gasteiger partial charge in [-0.2, -0.15) is 0 Å². The summed E-state index contributed by atoms with van der Waals surface area (Å²) in [7, 11) is -7.64. The molecule has 0 amide bonds. The molecular formula is C21H32N2O5S2. The molecule has 0 radical (unpaired) electrons. The molecule has 0 aliphatic rings. The summed E-state index contributed by atoms with van der Waals surface area (Å²) < 4.78 is 58.8. The van der Waals surface area contributed by atoms with Crippen LogP contribution in [-0.2, 0) is 20.1 Å². The van der Waals surface area contributed by atoms with Crippen LogP contribution in [0, 0.1) is 6.92 Å². The highest BCUT2D eigenvalue weighted by Crippen LogP contribution is 2.10. The molecule has 0 saturated carbocycles. The van der Waals surface area contributed by atoms with Gasteiger partial charge in [0.15, 0.2) is 0 Å². The van der Waals surface area contributed by atoms with Gasteiger partial charge in [0.2, 0.25) is 10.0 Å². The molecule has 0 unspecified atom stereocenters. The number of benzene rings is 2. The van der Waals surface area contributed by atoms with Crippen molar-refractivity contribution < 1.29 is 25.9 Å². The van der Waals surface area contributed by atoms with E-state index in [4.69, 9.17) is 0 Å². The van der Waals surface area contributed by atoms with Crippen molar-refractivity contribution in [1.29, 1.82) is 0 Å². The second-order valence-electron chi connectivity index (χ2n) is 6.99. The summed E-state index contributed by atoms with van der Waals surface area (Å²) in [6.07, 6.45) is 0. The molecule has 2 aromatic rings. The van der Waals surface area contributed by atoms with E-state index >= 15 is 0 Å². The summed E-state index contributed by atoms with van der Waals surface area (Å²) in [5, 5.41) is 0. The Balaban J connectivity index is 0.000000375. The molecule has 168 valence electrons. The average Bonchev–Trinajstić information content (AvgIpc) is 2.72. The van der Waals surface area contributed by atoms with E-state index in [9.17, 15) is 21.4 Å². The number of hydrogen-bond acceptors (Lipinski definition) is 5. The molecule has 2 aromatic carbocycles. The molecule has 0 bridgehead atoms. The quantitative estimate of drug-likeness (QED) is 0.462. The highest BCUT2D eigenvalue weighted by Gasteiger charge is 2.22. The van der Waals surface area contributed by atoms with E-state index in [0.717, 1.165) is 36.2 Å². The van der Waals surface area contributed by atoms with Crippen molar-refractivity contribution in [2.24, 2.45) is 0 Å². The van der Waals surface area contributed by atoms with Gasteiger partial charge in [0.25, 0.3) is 0 Å². The summed E-state index contributed by atoms with van der Waals surface area (Å²) in [5.74, 6) is 0. The van der Waals surface area contributed by atoms with E-state index in [1.807, 2.05) is 19.1 Å². The Kier molecular flexibility index (Phi) is 10.1. The van der Waals surface area contributed by atoms with Crippen LogP contribution in [0.5, 0.6) is 0 Å². The highest BCUT2D eigenvalue weighted by atomic mass is 32.2. The van der Waals surface area contributed by atoms with Crippen LogP contribution in [0.25, 0.3) is 0 Å². The van der Waals surface area contributed by atoms with Gasteiger partial charge in [-0.1, -0.05) is 35.9 Å². The first-order valence-electron chi connectivity index (χ1n) is 9.92. The van der Waals surface area contributed by atoms with Crippen LogP contribution in [-0.4, -0.2) is 58.6 Å². The molecule has 0 aliphatic heterocycles. The van der Waals surface area contributed by atoms with Crippen molar-refractivity contribution in [2.45, 2.75) is 37.5 Å². The van der Waals surface area contributed by atoms with Gasteiger partial charge < -0.3 is 9.04 Å². The topological polar surface area (TPSA) is 103 Å². The Morgan fingerprint density at radius 2 is 1.30 bits per heavy atom. The molecule has 1 N–H and O–H groups in total. The van der Waals surface area contributed by atoms with Crippen LogP contribution in [0.3, 0.4) is 0 Å². The first kappa shape index (κ1) is 26.3. The number of rotatable bonds is 9. The lowest BCUT2D eigenvalue weighted by Crippen LogP contribution is -2.51. The standard InChI is InChI=1S/C15H27N2O2S.C6H6O3S/c1-5-17(6-2,7-3)13-12-16-20(18,19)15-10-8-14(4)9-11-15;7-10(8,9)6-4-2-1-3-5-6/h8-11,16H,5-7,12-13H2,1-4H3;1-5H,(H,7,8,9)/q+1;/p-1. The molecule has 7 nitrogen and oxygen atoms in total. The number of aryl methyl sites for hydroxylation is 1. The number of nitrogens with one attached hydrogen (secondary N) is 1. The SMILES string of the molecule is CC[N+](CC)(CC)CCNS(=O)(=O)c1ccc(C)cc1.O=S(=O)([O-])c1ccccc1. The molecule has 0 aliphatic carbocycles. The second-order valence-corrected chi connectivity index (χ2v) is 10.1. The van der Waals surface area contributed by atoms with E-state index < -0.39 is 20.1 Å². The molecule has 0 fully saturated rings. The maximum Gasteiger partial charge on any atom is 0.240 e. The Hall–Kier alpha value is -1.78. The minimum absolute atomic E-state index is 0.185. The van der Waals surface area contributed by atoms with E-state index in [-0.39, 0.29) is 4.90 Å². The first-order chi connectivity index (χ1) is 14.0. The summed E-state index contributed by atoms with van der Waals surface area (Å²) >= 11 is 0. The van der Waals surface area contributed by atoms with Crippen LogP contribution < -0.4 is 4.72 Å². The Morgan fingerprint density at radius 3 is 1.70 bits per heavy atom. The lowest BCUT2D eigenvalue weighted by atomic mass is 10.2. The summed E-state index contributed by atoms with van der Waals surface area (Å²) in [6.45, 7) is 12.8. The smallest absolute Gasteiger partial charge is 0.240 e. The maximum absolute atomic E-state index is 12.2. The normalized spacial score (nSPS) is 12.2. The Morgan fingerprint density at radius 1 is 0.800 bits per heavy atom. The van der Waals surface area contributed by atoms with Crippen molar-refractivity contribution in [3.63, 3.8) is 0 Å². The molecule has 2 rings (SSSR count). The van der Waals surface area contributed by atoms with Crippen molar-refractivity contribution >= 4 is 20.1 Å². The minimum Gasteiger partial charge on any atom is -0.744 e. The fraction of sp³-hybridized carbons (Fsp3) is 0.429. The summed E-state index contributed by atoms with van der Waals surface area (Å²) in [4.78, 5) is 0.153. The summed E-state index contributed by atoms with van der Waals surface area (Å²) in [5.41, 5.74) is 1.06. The molecule has 0 spiro atoms. The number of quaternary nitrogens is 1. The third-order valence-electron chi connectivity index (χ3n) is 5.25. The molecule has 9 heteroatoms. The van der Waals surface area contributed by atoms with Crippen LogP contribution in [0.1, 0.15) is 26.3 Å². The fourth-order valence-corrected chi connectivity index (χ4v) is 4.46. The lowest BCUT2D eigenvalue weighted by Gasteiger charge is -2.35. The van der Waals surface area contributed by atoms with Crippen LogP contribution >= 0.6 is 0 Å². The van der Waals surface area contributed by atoms with Gasteiger partial charge in [0, 0.05) is 0 Å². The molecular weight excluding hydrogens is 424 g/mol. The molecule has 0 aromatic heterocycles. The zero-order valence-corrected chi connectivity index (χ0v) is 19.7. The predicted octanol–water partition coefficient (Wildman–Crippen LogP) is 2.74. The van der Waals surface area contributed by atoms with Gasteiger partial charge in [-0.15, -0.1) is 0 Å². The van der Waals surface area contributed by atoms with Gasteiger partial charge in [-0.25, -0.2) is 21.6 Å². The van der Waals surface area contributed by atoms with Crippen LogP contribution in [0.4, 0.5) is 0 Å². The summed E-state index contributed by atoms with van der Waals surface area (Å²) in [6, 6.07) is 14.1. The molecule has 30 heavy (non-hydrogen) atoms. The van der Waals surface area contributed by atoms with E-state index in [2.05, 4.69) is 25.5 Å². The van der Waals surface area contributed by atoms with Crippen LogP contribution in [0.2, 0.25) is 0 Å². The zero-order chi connectivity index (χ0) is 22.8. The van der Waals surface area contributed by atoms with Gasteiger partial charge in [0.1, 0.15) is 10.1 Å². The molecule has 0 atom stereocenters. The molecule has 0 saturated heterocycles. The van der Waals surface area contributed by atoms with Crippen molar-refractivity contribution in [3.8, 4) is 0 Å². The molecule has 0 heterocycles. The van der Waals surface area contributed by atoms with E-state index in [1.54, 1.807) is 18.2 Å². The number of hydrogen-bond donors (Lipinski definition) is 1. The third kappa shape index (κ3) is 8.16. The van der Waals surface area contributed by atoms with Crippen LogP contribution in [0.15, 0.2) is 64.4 Å². The van der Waals surface area contributed by atoms with Crippen molar-refractivity contribution in [1.82, 2.24) is 4.72 Å². The van der Waals surface area contributed by atoms with Gasteiger partial charge >= 0.3 is 0 Å². The average molecular weight is 457 g/mol. The minimum atomic E-state index is -4.25. The van der Waals surface area contributed by atoms with Gasteiger partial charge in [0.05, 0.1) is 42.5 Å². The van der Waals surface area contributed by atoms with Gasteiger partial charge in [-0.3, -0.25) is 0 Å².